The molecule has 0 heterocycles. The van der Waals surface area contributed by atoms with E-state index >= 15 is 0 Å². The summed E-state index contributed by atoms with van der Waals surface area (Å²) in [6, 6.07) is 0. The Morgan fingerprint density at radius 3 is 2.50 bits per heavy atom. The molecule has 0 aromatic carbocycles. The molecule has 1 N–H and O–H groups in total. The van der Waals surface area contributed by atoms with Gasteiger partial charge in [-0.05, 0) is 30.6 Å². The van der Waals surface area contributed by atoms with Crippen molar-refractivity contribution in [3.05, 3.63) is 0 Å². The number of aliphatic carboxylic acids is 1. The fourth-order valence-electron chi connectivity index (χ4n) is 2.73. The Morgan fingerprint density at radius 1 is 1.43 bits per heavy atom. The third kappa shape index (κ3) is 2.49. The summed E-state index contributed by atoms with van der Waals surface area (Å²) >= 11 is 0. The molecular weight excluding hydrogens is 176 g/mol. The third-order valence-electron chi connectivity index (χ3n) is 3.76. The van der Waals surface area contributed by atoms with Crippen LogP contribution < -0.4 is 0 Å². The van der Waals surface area contributed by atoms with Crippen LogP contribution in [0.4, 0.5) is 0 Å². The molecule has 0 spiro atoms. The highest BCUT2D eigenvalue weighted by Gasteiger charge is 2.35. The predicted molar refractivity (Wildman–Crippen MR) is 57.1 cm³/mol. The van der Waals surface area contributed by atoms with Crippen LogP contribution in [0, 0.1) is 23.7 Å². The molecule has 82 valence electrons. The topological polar surface area (TPSA) is 37.3 Å². The highest BCUT2D eigenvalue weighted by molar-refractivity contribution is 5.70. The summed E-state index contributed by atoms with van der Waals surface area (Å²) in [5.41, 5.74) is 0. The summed E-state index contributed by atoms with van der Waals surface area (Å²) in [6.07, 6.45) is 4.36. The van der Waals surface area contributed by atoms with Crippen LogP contribution >= 0.6 is 0 Å². The smallest absolute Gasteiger partial charge is 0.306 e. The average Bonchev–Trinajstić information content (AvgIpc) is 2.16. The van der Waals surface area contributed by atoms with Gasteiger partial charge in [-0.25, -0.2) is 0 Å². The van der Waals surface area contributed by atoms with Crippen LogP contribution in [0.25, 0.3) is 0 Å². The van der Waals surface area contributed by atoms with Crippen LogP contribution in [-0.2, 0) is 4.79 Å². The predicted octanol–water partition coefficient (Wildman–Crippen LogP) is 3.17. The van der Waals surface area contributed by atoms with E-state index in [2.05, 4.69) is 20.8 Å². The number of carboxylic acid groups (broad SMARTS) is 1. The lowest BCUT2D eigenvalue weighted by Gasteiger charge is -2.35. The maximum atomic E-state index is 11.1. The van der Waals surface area contributed by atoms with Crippen LogP contribution in [0.5, 0.6) is 0 Å². The van der Waals surface area contributed by atoms with Crippen molar-refractivity contribution in [2.24, 2.45) is 23.7 Å². The van der Waals surface area contributed by atoms with Gasteiger partial charge in [0.05, 0.1) is 5.92 Å². The Hall–Kier alpha value is -0.530. The van der Waals surface area contributed by atoms with Crippen LogP contribution in [-0.4, -0.2) is 11.1 Å². The van der Waals surface area contributed by atoms with E-state index in [0.717, 1.165) is 19.3 Å². The van der Waals surface area contributed by atoms with Crippen LogP contribution in [0.2, 0.25) is 0 Å². The second kappa shape index (κ2) is 4.81. The molecule has 0 saturated heterocycles. The first-order valence-electron chi connectivity index (χ1n) is 5.79. The van der Waals surface area contributed by atoms with Crippen molar-refractivity contribution in [3.8, 4) is 0 Å². The molecule has 0 aliphatic heterocycles. The third-order valence-corrected chi connectivity index (χ3v) is 3.76. The Kier molecular flexibility index (Phi) is 3.97. The second-order valence-electron chi connectivity index (χ2n) is 4.94. The zero-order valence-electron chi connectivity index (χ0n) is 9.49. The molecule has 1 aliphatic rings. The first-order chi connectivity index (χ1) is 6.56. The van der Waals surface area contributed by atoms with E-state index in [0.29, 0.717) is 17.8 Å². The molecule has 0 radical (unpaired) electrons. The Bertz CT molecular complexity index is 198. The maximum absolute atomic E-state index is 11.1. The Morgan fingerprint density at radius 2 is 2.07 bits per heavy atom. The molecule has 0 amide bonds. The van der Waals surface area contributed by atoms with Crippen molar-refractivity contribution in [2.75, 3.05) is 0 Å². The van der Waals surface area contributed by atoms with Gasteiger partial charge in [0.15, 0.2) is 0 Å². The first kappa shape index (κ1) is 11.5. The standard InChI is InChI=1S/C12H22O2/c1-4-9-5-6-10(8(2)3)11(7-9)12(13)14/h8-11H,4-7H2,1-3H3,(H,13,14). The van der Waals surface area contributed by atoms with Crippen molar-refractivity contribution >= 4 is 5.97 Å². The van der Waals surface area contributed by atoms with Gasteiger partial charge in [0.1, 0.15) is 0 Å². The fourth-order valence-corrected chi connectivity index (χ4v) is 2.73. The van der Waals surface area contributed by atoms with E-state index in [1.165, 1.54) is 6.42 Å². The van der Waals surface area contributed by atoms with Crippen molar-refractivity contribution in [1.29, 1.82) is 0 Å². The summed E-state index contributed by atoms with van der Waals surface area (Å²) in [5, 5.41) is 9.17. The monoisotopic (exact) mass is 198 g/mol. The highest BCUT2D eigenvalue weighted by atomic mass is 16.4. The number of hydrogen-bond acceptors (Lipinski definition) is 1. The molecule has 1 fully saturated rings. The quantitative estimate of drug-likeness (QED) is 0.756. The second-order valence-corrected chi connectivity index (χ2v) is 4.94. The number of carboxylic acids is 1. The minimum Gasteiger partial charge on any atom is -0.481 e. The summed E-state index contributed by atoms with van der Waals surface area (Å²) in [7, 11) is 0. The normalized spacial score (nSPS) is 33.3. The Balaban J connectivity index is 2.65. The summed E-state index contributed by atoms with van der Waals surface area (Å²) in [5.74, 6) is 0.880. The van der Waals surface area contributed by atoms with Crippen LogP contribution in [0.1, 0.15) is 46.5 Å². The van der Waals surface area contributed by atoms with E-state index in [1.807, 2.05) is 0 Å². The molecule has 0 aromatic rings. The number of rotatable bonds is 3. The van der Waals surface area contributed by atoms with E-state index in [1.54, 1.807) is 0 Å². The van der Waals surface area contributed by atoms with Gasteiger partial charge in [0.25, 0.3) is 0 Å². The van der Waals surface area contributed by atoms with Gasteiger partial charge in [-0.3, -0.25) is 4.79 Å². The van der Waals surface area contributed by atoms with Gasteiger partial charge in [0.2, 0.25) is 0 Å². The molecule has 1 rings (SSSR count). The van der Waals surface area contributed by atoms with Gasteiger partial charge in [-0.2, -0.15) is 0 Å². The van der Waals surface area contributed by atoms with Gasteiger partial charge >= 0.3 is 5.97 Å². The molecule has 3 atom stereocenters. The summed E-state index contributed by atoms with van der Waals surface area (Å²) in [4.78, 5) is 11.1. The first-order valence-corrected chi connectivity index (χ1v) is 5.79. The van der Waals surface area contributed by atoms with E-state index < -0.39 is 5.97 Å². The minimum absolute atomic E-state index is 0.0892. The molecule has 0 bridgehead atoms. The molecule has 3 unspecified atom stereocenters. The van der Waals surface area contributed by atoms with E-state index in [4.69, 9.17) is 0 Å². The molecule has 2 heteroatoms. The van der Waals surface area contributed by atoms with Crippen molar-refractivity contribution in [1.82, 2.24) is 0 Å². The van der Waals surface area contributed by atoms with Gasteiger partial charge < -0.3 is 5.11 Å². The molecule has 14 heavy (non-hydrogen) atoms. The van der Waals surface area contributed by atoms with Gasteiger partial charge in [-0.15, -0.1) is 0 Å². The van der Waals surface area contributed by atoms with Crippen LogP contribution in [0.3, 0.4) is 0 Å². The van der Waals surface area contributed by atoms with Crippen molar-refractivity contribution in [2.45, 2.75) is 46.5 Å². The Labute approximate surface area is 86.7 Å². The molecule has 2 nitrogen and oxygen atoms in total. The SMILES string of the molecule is CCC1CCC(C(C)C)C(C(=O)O)C1. The summed E-state index contributed by atoms with van der Waals surface area (Å²) < 4.78 is 0. The zero-order chi connectivity index (χ0) is 10.7. The molecule has 1 saturated carbocycles. The van der Waals surface area contributed by atoms with E-state index in [9.17, 15) is 9.90 Å². The minimum atomic E-state index is -0.582. The maximum Gasteiger partial charge on any atom is 0.306 e. The average molecular weight is 198 g/mol. The lowest BCUT2D eigenvalue weighted by atomic mass is 9.69. The van der Waals surface area contributed by atoms with Crippen molar-refractivity contribution in [3.63, 3.8) is 0 Å². The lowest BCUT2D eigenvalue weighted by molar-refractivity contribution is -0.146. The number of hydrogen-bond donors (Lipinski definition) is 1. The van der Waals surface area contributed by atoms with Crippen molar-refractivity contribution < 1.29 is 9.90 Å². The highest BCUT2D eigenvalue weighted by Crippen LogP contribution is 2.39. The molecular formula is C12H22O2. The largest absolute Gasteiger partial charge is 0.481 e. The van der Waals surface area contributed by atoms with Crippen LogP contribution in [0.15, 0.2) is 0 Å². The molecule has 0 aromatic heterocycles. The van der Waals surface area contributed by atoms with Gasteiger partial charge in [-0.1, -0.05) is 33.6 Å². The fraction of sp³-hybridized carbons (Fsp3) is 0.917. The zero-order valence-corrected chi connectivity index (χ0v) is 9.49. The van der Waals surface area contributed by atoms with E-state index in [-0.39, 0.29) is 5.92 Å². The number of carbonyl (C=O) groups is 1. The molecule has 1 aliphatic carbocycles. The lowest BCUT2D eigenvalue weighted by Crippen LogP contribution is -2.33. The van der Waals surface area contributed by atoms with Gasteiger partial charge in [0, 0.05) is 0 Å². The summed E-state index contributed by atoms with van der Waals surface area (Å²) in [6.45, 7) is 6.46.